The number of benzene rings is 1. The largest absolute Gasteiger partial charge is 0.468 e. The van der Waals surface area contributed by atoms with Crippen LogP contribution in [0.5, 0.6) is 0 Å². The van der Waals surface area contributed by atoms with Gasteiger partial charge in [0.2, 0.25) is 0 Å². The number of nitrogens with one attached hydrogen (secondary N) is 2. The smallest absolute Gasteiger partial charge is 0.309 e. The molecule has 0 aliphatic carbocycles. The number of rotatable bonds is 8. The van der Waals surface area contributed by atoms with Crippen molar-refractivity contribution in [3.63, 3.8) is 0 Å². The third-order valence-corrected chi connectivity index (χ3v) is 6.51. The van der Waals surface area contributed by atoms with Gasteiger partial charge in [-0.1, -0.05) is 39.8 Å². The van der Waals surface area contributed by atoms with Gasteiger partial charge < -0.3 is 15.1 Å². The third-order valence-electron chi connectivity index (χ3n) is 4.44. The first-order valence-electron chi connectivity index (χ1n) is 9.56. The van der Waals surface area contributed by atoms with Crippen molar-refractivity contribution in [2.75, 3.05) is 13.1 Å². The van der Waals surface area contributed by atoms with Crippen LogP contribution in [0.2, 0.25) is 0 Å². The van der Waals surface area contributed by atoms with E-state index < -0.39 is 26.9 Å². The molecule has 0 unspecified atom stereocenters. The van der Waals surface area contributed by atoms with Crippen LogP contribution >= 0.6 is 0 Å². The van der Waals surface area contributed by atoms with Crippen LogP contribution in [0.3, 0.4) is 0 Å². The Labute approximate surface area is 171 Å². The van der Waals surface area contributed by atoms with Gasteiger partial charge in [0.25, 0.3) is 0 Å². The van der Waals surface area contributed by atoms with Crippen molar-refractivity contribution in [3.8, 4) is 0 Å². The Hall–Kier alpha value is -2.61. The van der Waals surface area contributed by atoms with Gasteiger partial charge in [-0.3, -0.25) is 9.59 Å². The lowest BCUT2D eigenvalue weighted by Crippen LogP contribution is -2.43. The van der Waals surface area contributed by atoms with Gasteiger partial charge >= 0.3 is 11.8 Å². The maximum Gasteiger partial charge on any atom is 0.309 e. The van der Waals surface area contributed by atoms with Crippen molar-refractivity contribution in [2.24, 2.45) is 5.92 Å². The molecule has 158 valence electrons. The Morgan fingerprint density at radius 3 is 2.00 bits per heavy atom. The predicted octanol–water partition coefficient (Wildman–Crippen LogP) is 2.81. The zero-order valence-electron chi connectivity index (χ0n) is 17.1. The van der Waals surface area contributed by atoms with Gasteiger partial charge in [0, 0.05) is 13.1 Å². The molecule has 29 heavy (non-hydrogen) atoms. The molecule has 1 aromatic heterocycles. The number of hydrogen-bond donors (Lipinski definition) is 2. The van der Waals surface area contributed by atoms with E-state index in [1.807, 2.05) is 27.7 Å². The summed E-state index contributed by atoms with van der Waals surface area (Å²) in [7, 11) is -3.85. The van der Waals surface area contributed by atoms with E-state index in [-0.39, 0.29) is 29.0 Å². The minimum atomic E-state index is -3.85. The van der Waals surface area contributed by atoms with Gasteiger partial charge in [0.1, 0.15) is 11.0 Å². The molecular formula is C21H28N2O5S. The summed E-state index contributed by atoms with van der Waals surface area (Å²) in [5.41, 5.74) is 1.02. The predicted molar refractivity (Wildman–Crippen MR) is 110 cm³/mol. The number of carbonyl (C=O) groups excluding carboxylic acids is 2. The third kappa shape index (κ3) is 5.93. The zero-order chi connectivity index (χ0) is 21.6. The lowest BCUT2D eigenvalue weighted by atomic mass is 10.0. The van der Waals surface area contributed by atoms with E-state index in [0.29, 0.717) is 6.54 Å². The van der Waals surface area contributed by atoms with Gasteiger partial charge in [0.15, 0.2) is 9.84 Å². The van der Waals surface area contributed by atoms with E-state index in [0.717, 1.165) is 5.56 Å². The van der Waals surface area contributed by atoms with Gasteiger partial charge in [0.05, 0.1) is 11.2 Å². The molecule has 0 saturated carbocycles. The van der Waals surface area contributed by atoms with Crippen molar-refractivity contribution < 1.29 is 22.4 Å². The molecule has 2 amide bonds. The summed E-state index contributed by atoms with van der Waals surface area (Å²) >= 11 is 0. The molecule has 8 heteroatoms. The van der Waals surface area contributed by atoms with Gasteiger partial charge in [-0.2, -0.15) is 0 Å². The minimum absolute atomic E-state index is 0.127. The Kier molecular flexibility index (Phi) is 7.61. The molecule has 1 atom stereocenters. The van der Waals surface area contributed by atoms with Crippen molar-refractivity contribution in [1.82, 2.24) is 10.6 Å². The maximum atomic E-state index is 13.2. The number of amides is 2. The first-order chi connectivity index (χ1) is 13.6. The minimum Gasteiger partial charge on any atom is -0.468 e. The lowest BCUT2D eigenvalue weighted by Gasteiger charge is -2.17. The first-order valence-corrected chi connectivity index (χ1v) is 11.1. The van der Waals surface area contributed by atoms with Gasteiger partial charge in [-0.25, -0.2) is 8.42 Å². The molecule has 0 spiro atoms. The van der Waals surface area contributed by atoms with E-state index in [9.17, 15) is 18.0 Å². The molecule has 2 rings (SSSR count). The molecule has 0 aliphatic heterocycles. The highest BCUT2D eigenvalue weighted by Gasteiger charge is 2.32. The number of hydrogen-bond acceptors (Lipinski definition) is 5. The number of carbonyl (C=O) groups is 2. The molecular weight excluding hydrogens is 392 g/mol. The fourth-order valence-electron chi connectivity index (χ4n) is 2.69. The van der Waals surface area contributed by atoms with Crippen LogP contribution in [0.25, 0.3) is 0 Å². The van der Waals surface area contributed by atoms with Crippen LogP contribution in [0.1, 0.15) is 50.2 Å². The Morgan fingerprint density at radius 1 is 0.931 bits per heavy atom. The maximum absolute atomic E-state index is 13.2. The second kappa shape index (κ2) is 9.73. The quantitative estimate of drug-likeness (QED) is 0.639. The lowest BCUT2D eigenvalue weighted by molar-refractivity contribution is -0.139. The van der Waals surface area contributed by atoms with Crippen LogP contribution in [-0.4, -0.2) is 33.3 Å². The summed E-state index contributed by atoms with van der Waals surface area (Å²) in [6, 6.07) is 9.77. The summed E-state index contributed by atoms with van der Waals surface area (Å²) in [6.07, 6.45) is 1.37. The van der Waals surface area contributed by atoms with E-state index in [4.69, 9.17) is 4.42 Å². The molecule has 0 bridgehead atoms. The van der Waals surface area contributed by atoms with Crippen LogP contribution in [-0.2, 0) is 19.4 Å². The van der Waals surface area contributed by atoms with Crippen molar-refractivity contribution in [2.45, 2.75) is 43.8 Å². The highest BCUT2D eigenvalue weighted by molar-refractivity contribution is 7.91. The van der Waals surface area contributed by atoms with E-state index >= 15 is 0 Å². The monoisotopic (exact) mass is 420 g/mol. The molecule has 2 aromatic rings. The highest BCUT2D eigenvalue weighted by atomic mass is 32.2. The topological polar surface area (TPSA) is 105 Å². The Balaban J connectivity index is 2.20. The average molecular weight is 421 g/mol. The fraction of sp³-hybridized carbons (Fsp3) is 0.429. The second-order valence-electron chi connectivity index (χ2n) is 7.59. The molecule has 7 nitrogen and oxygen atoms in total. The molecule has 2 N–H and O–H groups in total. The van der Waals surface area contributed by atoms with Crippen LogP contribution < -0.4 is 10.6 Å². The molecule has 0 fully saturated rings. The standard InChI is InChI=1S/C21H28N2O5S/c1-14(2)12-22-20(24)21(25)23-13-19(18-6-5-11-28-18)29(26,27)17-9-7-16(8-10-17)15(3)4/h5-11,14-15,19H,12-13H2,1-4H3,(H,22,24)(H,23,25)/t19-/m0/s1. The first kappa shape index (κ1) is 22.7. The van der Waals surface area contributed by atoms with Crippen LogP contribution in [0.4, 0.5) is 0 Å². The average Bonchev–Trinajstić information content (AvgIpc) is 3.20. The normalized spacial score (nSPS) is 12.8. The molecule has 1 aromatic carbocycles. The summed E-state index contributed by atoms with van der Waals surface area (Å²) in [4.78, 5) is 24.1. The van der Waals surface area contributed by atoms with E-state index in [1.54, 1.807) is 30.3 Å². The van der Waals surface area contributed by atoms with Crippen molar-refractivity contribution in [1.29, 1.82) is 0 Å². The van der Waals surface area contributed by atoms with E-state index in [2.05, 4.69) is 10.6 Å². The van der Waals surface area contributed by atoms with Crippen LogP contribution in [0, 0.1) is 5.92 Å². The summed E-state index contributed by atoms with van der Waals surface area (Å²) in [5, 5.41) is 3.76. The Bertz CT molecular complexity index is 916. The molecule has 0 aliphatic rings. The van der Waals surface area contributed by atoms with Gasteiger partial charge in [-0.05, 0) is 41.7 Å². The summed E-state index contributed by atoms with van der Waals surface area (Å²) in [6.45, 7) is 7.93. The summed E-state index contributed by atoms with van der Waals surface area (Å²) < 4.78 is 31.7. The number of furan rings is 1. The Morgan fingerprint density at radius 2 is 1.52 bits per heavy atom. The second-order valence-corrected chi connectivity index (χ2v) is 9.72. The molecule has 0 radical (unpaired) electrons. The SMILES string of the molecule is CC(C)CNC(=O)C(=O)NC[C@@H](c1ccco1)S(=O)(=O)c1ccc(C(C)C)cc1. The highest BCUT2D eigenvalue weighted by Crippen LogP contribution is 2.29. The summed E-state index contributed by atoms with van der Waals surface area (Å²) in [5.74, 6) is -1.02. The van der Waals surface area contributed by atoms with E-state index in [1.165, 1.54) is 12.3 Å². The van der Waals surface area contributed by atoms with Gasteiger partial charge in [-0.15, -0.1) is 0 Å². The molecule has 1 heterocycles. The van der Waals surface area contributed by atoms with Crippen LogP contribution in [0.15, 0.2) is 52.0 Å². The number of sulfone groups is 1. The fourth-order valence-corrected chi connectivity index (χ4v) is 4.27. The zero-order valence-corrected chi connectivity index (χ0v) is 18.0. The molecule has 0 saturated heterocycles. The van der Waals surface area contributed by atoms with Crippen molar-refractivity contribution in [3.05, 3.63) is 54.0 Å². The van der Waals surface area contributed by atoms with Crippen molar-refractivity contribution >= 4 is 21.7 Å².